The van der Waals surface area contributed by atoms with Crippen molar-refractivity contribution < 1.29 is 23.2 Å². The van der Waals surface area contributed by atoms with Crippen LogP contribution in [0.3, 0.4) is 0 Å². The molecule has 3 aromatic rings. The molecule has 0 aliphatic heterocycles. The molecule has 2 aromatic carbocycles. The summed E-state index contributed by atoms with van der Waals surface area (Å²) in [6, 6.07) is 13.2. The van der Waals surface area contributed by atoms with Crippen LogP contribution in [0.15, 0.2) is 59.1 Å². The highest BCUT2D eigenvalue weighted by atomic mass is 19.1. The molecule has 0 spiro atoms. The Kier molecular flexibility index (Phi) is 5.38. The first kappa shape index (κ1) is 17.3. The minimum absolute atomic E-state index is 0.156. The van der Waals surface area contributed by atoms with Crippen LogP contribution in [-0.2, 0) is 16.1 Å². The number of hydrogen-bond acceptors (Lipinski definition) is 6. The van der Waals surface area contributed by atoms with Gasteiger partial charge in [-0.3, -0.25) is 0 Å². The van der Waals surface area contributed by atoms with Crippen LogP contribution in [0, 0.1) is 5.82 Å². The van der Waals surface area contributed by atoms with E-state index < -0.39 is 11.8 Å². The van der Waals surface area contributed by atoms with Gasteiger partial charge in [-0.15, -0.1) is 0 Å². The average Bonchev–Trinajstić information content (AvgIpc) is 3.15. The number of ether oxygens (including phenoxy) is 2. The van der Waals surface area contributed by atoms with E-state index >= 15 is 0 Å². The molecule has 0 radical (unpaired) electrons. The van der Waals surface area contributed by atoms with Crippen LogP contribution >= 0.6 is 0 Å². The quantitative estimate of drug-likeness (QED) is 0.497. The maximum atomic E-state index is 13.5. The molecule has 3 rings (SSSR count). The lowest BCUT2D eigenvalue weighted by atomic mass is 10.2. The molecule has 0 amide bonds. The van der Waals surface area contributed by atoms with Crippen LogP contribution in [0.4, 0.5) is 4.39 Å². The number of aromatic nitrogens is 2. The van der Waals surface area contributed by atoms with Crippen molar-refractivity contribution in [2.45, 2.75) is 6.61 Å². The molecule has 0 fully saturated rings. The van der Waals surface area contributed by atoms with Crippen molar-refractivity contribution in [3.8, 4) is 17.1 Å². The van der Waals surface area contributed by atoms with Gasteiger partial charge in [-0.05, 0) is 36.4 Å². The summed E-state index contributed by atoms with van der Waals surface area (Å²) in [4.78, 5) is 15.9. The normalized spacial score (nSPS) is 10.8. The number of halogens is 1. The average molecular weight is 354 g/mol. The molecule has 1 heterocycles. The third-order valence-electron chi connectivity index (χ3n) is 3.46. The summed E-state index contributed by atoms with van der Waals surface area (Å²) in [7, 11) is 1.58. The molecular weight excluding hydrogens is 339 g/mol. The van der Waals surface area contributed by atoms with E-state index in [2.05, 4.69) is 10.1 Å². The van der Waals surface area contributed by atoms with Crippen molar-refractivity contribution in [1.82, 2.24) is 10.1 Å². The minimum Gasteiger partial charge on any atom is -0.497 e. The number of nitrogens with zero attached hydrogens (tertiary/aromatic N) is 2. The summed E-state index contributed by atoms with van der Waals surface area (Å²) in [6.45, 7) is -0.177. The van der Waals surface area contributed by atoms with Crippen molar-refractivity contribution in [3.05, 3.63) is 71.9 Å². The lowest BCUT2D eigenvalue weighted by Crippen LogP contribution is -2.01. The van der Waals surface area contributed by atoms with E-state index in [0.717, 1.165) is 11.6 Å². The van der Waals surface area contributed by atoms with E-state index in [9.17, 15) is 9.18 Å². The van der Waals surface area contributed by atoms with Crippen LogP contribution in [-0.4, -0.2) is 23.2 Å². The molecule has 0 saturated carbocycles. The van der Waals surface area contributed by atoms with Gasteiger partial charge in [0.15, 0.2) is 6.61 Å². The van der Waals surface area contributed by atoms with Crippen LogP contribution in [0.1, 0.15) is 11.5 Å². The highest BCUT2D eigenvalue weighted by Crippen LogP contribution is 2.19. The van der Waals surface area contributed by atoms with Gasteiger partial charge in [-0.1, -0.05) is 23.4 Å². The largest absolute Gasteiger partial charge is 0.497 e. The lowest BCUT2D eigenvalue weighted by Gasteiger charge is -1.99. The molecule has 26 heavy (non-hydrogen) atoms. The Bertz CT molecular complexity index is 919. The maximum Gasteiger partial charge on any atom is 0.331 e. The molecule has 1 aromatic heterocycles. The van der Waals surface area contributed by atoms with Crippen LogP contribution < -0.4 is 4.74 Å². The molecule has 0 unspecified atom stereocenters. The van der Waals surface area contributed by atoms with Gasteiger partial charge in [0.05, 0.1) is 7.11 Å². The third-order valence-corrected chi connectivity index (χ3v) is 3.46. The number of methoxy groups -OCH3 is 1. The van der Waals surface area contributed by atoms with E-state index in [-0.39, 0.29) is 12.5 Å². The van der Waals surface area contributed by atoms with Crippen molar-refractivity contribution in [2.75, 3.05) is 7.11 Å². The van der Waals surface area contributed by atoms with Crippen LogP contribution in [0.25, 0.3) is 17.5 Å². The maximum absolute atomic E-state index is 13.5. The Labute approximate surface area is 148 Å². The van der Waals surface area contributed by atoms with Gasteiger partial charge in [-0.2, -0.15) is 4.98 Å². The molecule has 0 aliphatic carbocycles. The molecular formula is C19H15FN2O4. The zero-order chi connectivity index (χ0) is 18.4. The van der Waals surface area contributed by atoms with Gasteiger partial charge in [0.25, 0.3) is 5.89 Å². The fourth-order valence-corrected chi connectivity index (χ4v) is 2.12. The van der Waals surface area contributed by atoms with Gasteiger partial charge >= 0.3 is 5.97 Å². The molecule has 7 heteroatoms. The molecule has 0 N–H and O–H groups in total. The molecule has 6 nitrogen and oxygen atoms in total. The predicted molar refractivity (Wildman–Crippen MR) is 91.5 cm³/mol. The van der Waals surface area contributed by atoms with Crippen LogP contribution in [0.2, 0.25) is 0 Å². The standard InChI is InChI=1S/C19H15FN2O4/c1-24-15-9-6-14(7-10-15)19-21-17(26-22-19)12-25-18(23)11-8-13-4-2-3-5-16(13)20/h2-11H,12H2,1H3/b11-8+. The molecule has 0 aliphatic rings. The second-order valence-electron chi connectivity index (χ2n) is 5.20. The summed E-state index contributed by atoms with van der Waals surface area (Å²) in [5, 5.41) is 3.84. The SMILES string of the molecule is COc1ccc(-c2noc(COC(=O)/C=C/c3ccccc3F)n2)cc1. The van der Waals surface area contributed by atoms with Gasteiger partial charge in [0.2, 0.25) is 5.82 Å². The van der Waals surface area contributed by atoms with Gasteiger partial charge < -0.3 is 14.0 Å². The Morgan fingerprint density at radius 1 is 1.19 bits per heavy atom. The number of hydrogen-bond donors (Lipinski definition) is 0. The predicted octanol–water partition coefficient (Wildman–Crippen LogP) is 3.64. The molecule has 0 atom stereocenters. The summed E-state index contributed by atoms with van der Waals surface area (Å²) < 4.78 is 28.6. The topological polar surface area (TPSA) is 74.5 Å². The Balaban J connectivity index is 1.57. The van der Waals surface area contributed by atoms with Gasteiger partial charge in [0, 0.05) is 17.2 Å². The van der Waals surface area contributed by atoms with Crippen molar-refractivity contribution in [2.24, 2.45) is 0 Å². The molecule has 132 valence electrons. The number of carbonyl (C=O) groups excluding carboxylic acids is 1. The zero-order valence-corrected chi connectivity index (χ0v) is 13.9. The smallest absolute Gasteiger partial charge is 0.331 e. The first-order valence-electron chi connectivity index (χ1n) is 7.72. The number of benzene rings is 2. The summed E-state index contributed by atoms with van der Waals surface area (Å²) in [5.41, 5.74) is 1.04. The monoisotopic (exact) mass is 354 g/mol. The van der Waals surface area contributed by atoms with Crippen molar-refractivity contribution >= 4 is 12.0 Å². The van der Waals surface area contributed by atoms with E-state index in [4.69, 9.17) is 14.0 Å². The Hall–Kier alpha value is -3.48. The Morgan fingerprint density at radius 3 is 2.69 bits per heavy atom. The van der Waals surface area contributed by atoms with E-state index in [0.29, 0.717) is 17.1 Å². The fraction of sp³-hybridized carbons (Fsp3) is 0.105. The van der Waals surface area contributed by atoms with E-state index in [1.165, 1.54) is 12.1 Å². The fourth-order valence-electron chi connectivity index (χ4n) is 2.12. The highest BCUT2D eigenvalue weighted by Gasteiger charge is 2.10. The van der Waals surface area contributed by atoms with Crippen molar-refractivity contribution in [1.29, 1.82) is 0 Å². The third kappa shape index (κ3) is 4.32. The van der Waals surface area contributed by atoms with Crippen molar-refractivity contribution in [3.63, 3.8) is 0 Å². The Morgan fingerprint density at radius 2 is 1.96 bits per heavy atom. The number of carbonyl (C=O) groups is 1. The van der Waals surface area contributed by atoms with Gasteiger partial charge in [0.1, 0.15) is 11.6 Å². The minimum atomic E-state index is -0.641. The second kappa shape index (κ2) is 8.06. The summed E-state index contributed by atoms with van der Waals surface area (Å²) in [6.07, 6.45) is 2.48. The van der Waals surface area contributed by atoms with Gasteiger partial charge in [-0.25, -0.2) is 9.18 Å². The highest BCUT2D eigenvalue weighted by molar-refractivity contribution is 5.87. The summed E-state index contributed by atoms with van der Waals surface area (Å²) in [5.74, 6) is 0.187. The number of rotatable bonds is 6. The first-order valence-corrected chi connectivity index (χ1v) is 7.72. The lowest BCUT2D eigenvalue weighted by molar-refractivity contribution is -0.139. The zero-order valence-electron chi connectivity index (χ0n) is 13.9. The first-order chi connectivity index (χ1) is 12.7. The molecule has 0 bridgehead atoms. The summed E-state index contributed by atoms with van der Waals surface area (Å²) >= 11 is 0. The van der Waals surface area contributed by atoms with E-state index in [1.807, 2.05) is 0 Å². The van der Waals surface area contributed by atoms with Crippen LogP contribution in [0.5, 0.6) is 5.75 Å². The number of esters is 1. The van der Waals surface area contributed by atoms with E-state index in [1.54, 1.807) is 49.6 Å². The second-order valence-corrected chi connectivity index (χ2v) is 5.20. The molecule has 0 saturated heterocycles.